The second-order valence-electron chi connectivity index (χ2n) is 8.20. The second kappa shape index (κ2) is 9.99. The van der Waals surface area contributed by atoms with Crippen molar-refractivity contribution in [3.05, 3.63) is 59.9 Å². The fourth-order valence-corrected chi connectivity index (χ4v) is 4.59. The number of rotatable bonds is 5. The number of urea groups is 1. The molecule has 1 saturated carbocycles. The standard InChI is InChI=1S/C24H28FN3O4/c1-31-20-7-5-16(6-8-20)21-14-19(15-22(21)23(29)28-9-11-32-12-10-28)27-24(30)26-18-4-2-3-17(25)13-18/h2-8,13,19,21-22H,9-12,14-15H2,1H3,(H2,26,27,30)/t19-,21+,22-/m0/s1. The number of nitrogens with zero attached hydrogens (tertiary/aromatic N) is 1. The largest absolute Gasteiger partial charge is 0.497 e. The number of hydrogen-bond acceptors (Lipinski definition) is 4. The maximum Gasteiger partial charge on any atom is 0.319 e. The van der Waals surface area contributed by atoms with E-state index in [2.05, 4.69) is 10.6 Å². The van der Waals surface area contributed by atoms with Crippen LogP contribution in [-0.2, 0) is 9.53 Å². The van der Waals surface area contributed by atoms with Gasteiger partial charge in [0, 0.05) is 30.7 Å². The first-order chi connectivity index (χ1) is 15.5. The van der Waals surface area contributed by atoms with Crippen molar-refractivity contribution in [1.82, 2.24) is 10.2 Å². The van der Waals surface area contributed by atoms with Crippen LogP contribution in [0.3, 0.4) is 0 Å². The number of carbonyl (C=O) groups excluding carboxylic acids is 2. The molecule has 4 rings (SSSR count). The molecule has 2 fully saturated rings. The fraction of sp³-hybridized carbons (Fsp3) is 0.417. The summed E-state index contributed by atoms with van der Waals surface area (Å²) in [5, 5.41) is 5.63. The van der Waals surface area contributed by atoms with Gasteiger partial charge in [0.15, 0.2) is 0 Å². The summed E-state index contributed by atoms with van der Waals surface area (Å²) in [6.45, 7) is 2.26. The Hall–Kier alpha value is -3.13. The van der Waals surface area contributed by atoms with Gasteiger partial charge in [-0.2, -0.15) is 0 Å². The topological polar surface area (TPSA) is 79.9 Å². The highest BCUT2D eigenvalue weighted by Crippen LogP contribution is 2.41. The van der Waals surface area contributed by atoms with Crippen LogP contribution >= 0.6 is 0 Å². The maximum atomic E-state index is 13.4. The third kappa shape index (κ3) is 5.19. The lowest BCUT2D eigenvalue weighted by atomic mass is 9.88. The van der Waals surface area contributed by atoms with Gasteiger partial charge in [-0.3, -0.25) is 4.79 Å². The molecule has 3 amide bonds. The molecule has 2 N–H and O–H groups in total. The minimum absolute atomic E-state index is 0.0179. The first-order valence-corrected chi connectivity index (χ1v) is 10.9. The van der Waals surface area contributed by atoms with Crippen molar-refractivity contribution >= 4 is 17.6 Å². The van der Waals surface area contributed by atoms with Crippen molar-refractivity contribution in [3.8, 4) is 5.75 Å². The van der Waals surface area contributed by atoms with Crippen LogP contribution in [0.15, 0.2) is 48.5 Å². The zero-order chi connectivity index (χ0) is 22.5. The minimum Gasteiger partial charge on any atom is -0.497 e. The Labute approximate surface area is 186 Å². The smallest absolute Gasteiger partial charge is 0.319 e. The molecule has 0 spiro atoms. The van der Waals surface area contributed by atoms with Crippen molar-refractivity contribution in [2.45, 2.75) is 24.8 Å². The van der Waals surface area contributed by atoms with E-state index in [0.717, 1.165) is 11.3 Å². The van der Waals surface area contributed by atoms with Crippen LogP contribution in [0.4, 0.5) is 14.9 Å². The van der Waals surface area contributed by atoms with Crippen LogP contribution in [0.5, 0.6) is 5.75 Å². The van der Waals surface area contributed by atoms with E-state index < -0.39 is 11.8 Å². The number of anilines is 1. The molecule has 2 aromatic rings. The molecule has 2 aromatic carbocycles. The van der Waals surface area contributed by atoms with Gasteiger partial charge < -0.3 is 25.0 Å². The predicted octanol–water partition coefficient (Wildman–Crippen LogP) is 3.38. The van der Waals surface area contributed by atoms with E-state index in [1.807, 2.05) is 29.2 Å². The Balaban J connectivity index is 1.47. The van der Waals surface area contributed by atoms with Gasteiger partial charge >= 0.3 is 6.03 Å². The Bertz CT molecular complexity index is 947. The Morgan fingerprint density at radius 2 is 1.84 bits per heavy atom. The average Bonchev–Trinajstić information content (AvgIpc) is 3.22. The third-order valence-electron chi connectivity index (χ3n) is 6.16. The van der Waals surface area contributed by atoms with Gasteiger partial charge in [-0.1, -0.05) is 18.2 Å². The molecule has 3 atom stereocenters. The summed E-state index contributed by atoms with van der Waals surface area (Å²) in [7, 11) is 1.62. The lowest BCUT2D eigenvalue weighted by molar-refractivity contribution is -0.140. The van der Waals surface area contributed by atoms with E-state index in [4.69, 9.17) is 9.47 Å². The predicted molar refractivity (Wildman–Crippen MR) is 118 cm³/mol. The van der Waals surface area contributed by atoms with Crippen molar-refractivity contribution in [2.24, 2.45) is 5.92 Å². The molecular formula is C24H28FN3O4. The molecule has 7 nitrogen and oxygen atoms in total. The summed E-state index contributed by atoms with van der Waals surface area (Å²) in [5.41, 5.74) is 1.43. The number of amides is 3. The normalized spacial score (nSPS) is 22.9. The summed E-state index contributed by atoms with van der Waals surface area (Å²) in [6.07, 6.45) is 1.19. The molecule has 0 radical (unpaired) electrons. The molecule has 0 bridgehead atoms. The average molecular weight is 442 g/mol. The minimum atomic E-state index is -0.417. The number of benzene rings is 2. The maximum absolute atomic E-state index is 13.4. The Morgan fingerprint density at radius 1 is 1.09 bits per heavy atom. The van der Waals surface area contributed by atoms with E-state index in [1.165, 1.54) is 18.2 Å². The van der Waals surface area contributed by atoms with Gasteiger partial charge in [-0.05, 0) is 54.7 Å². The van der Waals surface area contributed by atoms with E-state index in [-0.39, 0.29) is 23.8 Å². The van der Waals surface area contributed by atoms with Crippen molar-refractivity contribution < 1.29 is 23.5 Å². The first-order valence-electron chi connectivity index (χ1n) is 10.9. The molecule has 1 heterocycles. The monoisotopic (exact) mass is 441 g/mol. The first kappa shape index (κ1) is 22.1. The van der Waals surface area contributed by atoms with Gasteiger partial charge in [0.05, 0.1) is 20.3 Å². The number of ether oxygens (including phenoxy) is 2. The molecule has 1 aliphatic carbocycles. The summed E-state index contributed by atoms with van der Waals surface area (Å²) < 4.78 is 24.0. The van der Waals surface area contributed by atoms with Gasteiger partial charge in [0.25, 0.3) is 0 Å². The fourth-order valence-electron chi connectivity index (χ4n) is 4.59. The highest BCUT2D eigenvalue weighted by Gasteiger charge is 2.42. The Morgan fingerprint density at radius 3 is 2.53 bits per heavy atom. The summed E-state index contributed by atoms with van der Waals surface area (Å²) in [5.74, 6) is 0.187. The number of morpholine rings is 1. The van der Waals surface area contributed by atoms with Crippen molar-refractivity contribution in [3.63, 3.8) is 0 Å². The van der Waals surface area contributed by atoms with Gasteiger partial charge in [0.2, 0.25) is 5.91 Å². The van der Waals surface area contributed by atoms with E-state index in [1.54, 1.807) is 13.2 Å². The number of methoxy groups -OCH3 is 1. The zero-order valence-electron chi connectivity index (χ0n) is 18.1. The SMILES string of the molecule is COc1ccc([C@H]2C[C@H](NC(=O)Nc3cccc(F)c3)C[C@@H]2C(=O)N2CCOCC2)cc1. The Kier molecular flexibility index (Phi) is 6.90. The zero-order valence-corrected chi connectivity index (χ0v) is 18.1. The van der Waals surface area contributed by atoms with Crippen LogP contribution in [0.25, 0.3) is 0 Å². The molecule has 0 unspecified atom stereocenters. The number of carbonyl (C=O) groups is 2. The summed E-state index contributed by atoms with van der Waals surface area (Å²) >= 11 is 0. The van der Waals surface area contributed by atoms with Crippen LogP contribution < -0.4 is 15.4 Å². The van der Waals surface area contributed by atoms with Crippen molar-refractivity contribution in [1.29, 1.82) is 0 Å². The number of halogens is 1. The second-order valence-corrected chi connectivity index (χ2v) is 8.20. The van der Waals surface area contributed by atoms with E-state index in [0.29, 0.717) is 44.8 Å². The van der Waals surface area contributed by atoms with Crippen LogP contribution in [0.2, 0.25) is 0 Å². The molecule has 0 aromatic heterocycles. The molecular weight excluding hydrogens is 413 g/mol. The molecule has 8 heteroatoms. The lowest BCUT2D eigenvalue weighted by Crippen LogP contribution is -2.44. The van der Waals surface area contributed by atoms with E-state index in [9.17, 15) is 14.0 Å². The molecule has 32 heavy (non-hydrogen) atoms. The molecule has 1 saturated heterocycles. The van der Waals surface area contributed by atoms with Crippen LogP contribution in [0, 0.1) is 11.7 Å². The summed E-state index contributed by atoms with van der Waals surface area (Å²) in [4.78, 5) is 27.7. The van der Waals surface area contributed by atoms with Gasteiger partial charge in [-0.25, -0.2) is 9.18 Å². The highest BCUT2D eigenvalue weighted by atomic mass is 19.1. The third-order valence-corrected chi connectivity index (χ3v) is 6.16. The number of hydrogen-bond donors (Lipinski definition) is 2. The lowest BCUT2D eigenvalue weighted by Gasteiger charge is -2.31. The molecule has 2 aliphatic rings. The van der Waals surface area contributed by atoms with E-state index >= 15 is 0 Å². The summed E-state index contributed by atoms with van der Waals surface area (Å²) in [6, 6.07) is 12.9. The number of nitrogens with one attached hydrogen (secondary N) is 2. The molecule has 1 aliphatic heterocycles. The molecule has 170 valence electrons. The van der Waals surface area contributed by atoms with Gasteiger partial charge in [0.1, 0.15) is 11.6 Å². The van der Waals surface area contributed by atoms with Crippen LogP contribution in [-0.4, -0.2) is 56.3 Å². The highest BCUT2D eigenvalue weighted by molar-refractivity contribution is 5.89. The quantitative estimate of drug-likeness (QED) is 0.746. The van der Waals surface area contributed by atoms with Crippen LogP contribution in [0.1, 0.15) is 24.3 Å². The van der Waals surface area contributed by atoms with Crippen molar-refractivity contribution in [2.75, 3.05) is 38.7 Å². The van der Waals surface area contributed by atoms with Gasteiger partial charge in [-0.15, -0.1) is 0 Å².